The van der Waals surface area contributed by atoms with Crippen molar-refractivity contribution in [2.24, 2.45) is 0 Å². The summed E-state index contributed by atoms with van der Waals surface area (Å²) in [6.07, 6.45) is 23.1. The van der Waals surface area contributed by atoms with Crippen LogP contribution in [0.5, 0.6) is 0 Å². The number of benzene rings is 5. The maximum absolute atomic E-state index is 6.72. The van der Waals surface area contributed by atoms with Crippen LogP contribution in [0.25, 0.3) is 50.3 Å². The van der Waals surface area contributed by atoms with Gasteiger partial charge in [-0.3, -0.25) is 0 Å². The summed E-state index contributed by atoms with van der Waals surface area (Å²) in [7, 11) is 0. The Hall–Kier alpha value is -5.83. The molecule has 2 heteroatoms. The van der Waals surface area contributed by atoms with Gasteiger partial charge < -0.3 is 4.42 Å². The number of thioether (sulfide) groups is 1. The van der Waals surface area contributed by atoms with Crippen molar-refractivity contribution in [2.75, 3.05) is 5.75 Å². The first-order chi connectivity index (χ1) is 26.6. The molecule has 0 radical (unpaired) electrons. The Morgan fingerprint density at radius 2 is 1.37 bits per heavy atom. The molecule has 2 heterocycles. The largest absolute Gasteiger partial charge is 0.455 e. The van der Waals surface area contributed by atoms with E-state index in [9.17, 15) is 0 Å². The van der Waals surface area contributed by atoms with E-state index in [2.05, 4.69) is 164 Å². The first kappa shape index (κ1) is 34.0. The monoisotopic (exact) mass is 714 g/mol. The predicted molar refractivity (Wildman–Crippen MR) is 233 cm³/mol. The van der Waals surface area contributed by atoms with E-state index in [4.69, 9.17) is 11.0 Å². The number of para-hydroxylation sites is 1. The predicted octanol–water partition coefficient (Wildman–Crippen LogP) is 12.6. The standard InChI is InChI=1S/C52H42OS/c1-35(37-18-6-5-7-19-37)41-22-11-12-23-42(41)36(2)43-21-8-3-4-9-24-44(46-26-14-13-25-45(43)46)40-33-49-38(32-39-20-10-17-29-51(39)54-34-40)30-31-48-47-27-15-16-28-50(47)53-52(48)49/h5-6,8-18,20-31,33H,1-4,7,19,32,34H2/b21-8+,24-9+,40-33+,45-43+,46-44+. The maximum atomic E-state index is 6.72. The second kappa shape index (κ2) is 14.9. The Kier molecular flexibility index (Phi) is 9.37. The van der Waals surface area contributed by atoms with Crippen molar-refractivity contribution < 1.29 is 4.42 Å². The average Bonchev–Trinajstić information content (AvgIpc) is 3.63. The zero-order valence-corrected chi connectivity index (χ0v) is 31.3. The first-order valence-electron chi connectivity index (χ1n) is 19.0. The molecule has 6 aromatic rings. The zero-order chi connectivity index (χ0) is 36.4. The Morgan fingerprint density at radius 1 is 0.630 bits per heavy atom. The van der Waals surface area contributed by atoms with Gasteiger partial charge in [0.2, 0.25) is 0 Å². The third-order valence-electron chi connectivity index (χ3n) is 11.0. The molecular formula is C52H42OS. The van der Waals surface area contributed by atoms with Crippen molar-refractivity contribution in [1.82, 2.24) is 0 Å². The van der Waals surface area contributed by atoms with Crippen molar-refractivity contribution in [3.05, 3.63) is 214 Å². The Balaban J connectivity index is 1.30. The molecule has 0 amide bonds. The fourth-order valence-corrected chi connectivity index (χ4v) is 9.19. The molecule has 0 unspecified atom stereocenters. The fraction of sp³-hybridized carbons (Fsp3) is 0.115. The Labute approximate surface area is 322 Å². The third-order valence-corrected chi connectivity index (χ3v) is 12.1. The molecule has 1 aromatic heterocycles. The number of hydrogen-bond acceptors (Lipinski definition) is 2. The summed E-state index contributed by atoms with van der Waals surface area (Å²) in [6, 6.07) is 39.4. The van der Waals surface area contributed by atoms with E-state index >= 15 is 0 Å². The SMILES string of the molecule is C=C(C1=CC=CCC1)c1ccccc1C(=C)C1=c2/cccc/c2=C(\C2=C\c3c(ccc4c3oc3ccccc34)Cc3ccccc3SC2)/C=C/CC/C=C/1. The molecule has 0 bridgehead atoms. The lowest BCUT2D eigenvalue weighted by molar-refractivity contribution is 0.667. The molecule has 0 fully saturated rings. The van der Waals surface area contributed by atoms with Gasteiger partial charge in [0.05, 0.1) is 0 Å². The van der Waals surface area contributed by atoms with Crippen LogP contribution in [0.1, 0.15) is 53.5 Å². The molecule has 5 aromatic carbocycles. The summed E-state index contributed by atoms with van der Waals surface area (Å²) in [6.45, 7) is 9.44. The Bertz CT molecular complexity index is 2770. The minimum Gasteiger partial charge on any atom is -0.455 e. The molecule has 54 heavy (non-hydrogen) atoms. The van der Waals surface area contributed by atoms with E-state index < -0.39 is 0 Å². The van der Waals surface area contributed by atoms with Crippen LogP contribution in [-0.4, -0.2) is 5.75 Å². The van der Waals surface area contributed by atoms with Crippen LogP contribution in [0.15, 0.2) is 185 Å². The van der Waals surface area contributed by atoms with Crippen LogP contribution in [0.4, 0.5) is 0 Å². The normalized spacial score (nSPS) is 19.9. The maximum Gasteiger partial charge on any atom is 0.142 e. The van der Waals surface area contributed by atoms with Crippen LogP contribution in [0.2, 0.25) is 0 Å². The van der Waals surface area contributed by atoms with Gasteiger partial charge in [-0.05, 0) is 116 Å². The molecule has 2 aliphatic carbocycles. The first-order valence-corrected chi connectivity index (χ1v) is 20.0. The van der Waals surface area contributed by atoms with Gasteiger partial charge in [-0.15, -0.1) is 11.8 Å². The molecule has 0 saturated heterocycles. The van der Waals surface area contributed by atoms with E-state index in [0.29, 0.717) is 0 Å². The summed E-state index contributed by atoms with van der Waals surface area (Å²) < 4.78 is 6.72. The topological polar surface area (TPSA) is 13.1 Å². The highest BCUT2D eigenvalue weighted by atomic mass is 32.2. The third kappa shape index (κ3) is 6.42. The summed E-state index contributed by atoms with van der Waals surface area (Å²) >= 11 is 1.93. The summed E-state index contributed by atoms with van der Waals surface area (Å²) in [5, 5.41) is 4.68. The van der Waals surface area contributed by atoms with Gasteiger partial charge in [-0.2, -0.15) is 0 Å². The lowest BCUT2D eigenvalue weighted by Crippen LogP contribution is -2.29. The van der Waals surface area contributed by atoms with Gasteiger partial charge in [0, 0.05) is 27.0 Å². The molecule has 3 aliphatic rings. The van der Waals surface area contributed by atoms with E-state index in [1.54, 1.807) is 0 Å². The molecule has 9 rings (SSSR count). The lowest BCUT2D eigenvalue weighted by atomic mass is 9.85. The van der Waals surface area contributed by atoms with Crippen molar-refractivity contribution in [1.29, 1.82) is 0 Å². The van der Waals surface area contributed by atoms with Crippen molar-refractivity contribution in [3.63, 3.8) is 0 Å². The Morgan fingerprint density at radius 3 is 2.22 bits per heavy atom. The molecule has 0 spiro atoms. The van der Waals surface area contributed by atoms with Crippen molar-refractivity contribution >= 4 is 62.1 Å². The fourth-order valence-electron chi connectivity index (χ4n) is 8.14. The van der Waals surface area contributed by atoms with Gasteiger partial charge in [-0.1, -0.05) is 153 Å². The molecular weight excluding hydrogens is 673 g/mol. The summed E-state index contributed by atoms with van der Waals surface area (Å²) in [5.74, 6) is 0.819. The quantitative estimate of drug-likeness (QED) is 0.176. The highest BCUT2D eigenvalue weighted by molar-refractivity contribution is 7.99. The van der Waals surface area contributed by atoms with E-state index in [1.165, 1.54) is 48.7 Å². The van der Waals surface area contributed by atoms with E-state index in [1.807, 2.05) is 11.8 Å². The number of allylic oxidation sites excluding steroid dienone is 10. The number of hydrogen-bond donors (Lipinski definition) is 0. The average molecular weight is 715 g/mol. The van der Waals surface area contributed by atoms with Crippen LogP contribution < -0.4 is 10.4 Å². The van der Waals surface area contributed by atoms with Crippen molar-refractivity contribution in [3.8, 4) is 0 Å². The second-order valence-electron chi connectivity index (χ2n) is 14.3. The smallest absolute Gasteiger partial charge is 0.142 e. The van der Waals surface area contributed by atoms with Gasteiger partial charge in [0.1, 0.15) is 11.2 Å². The van der Waals surface area contributed by atoms with Gasteiger partial charge in [-0.25, -0.2) is 0 Å². The van der Waals surface area contributed by atoms with Gasteiger partial charge in [0.25, 0.3) is 0 Å². The molecule has 1 nitrogen and oxygen atoms in total. The summed E-state index contributed by atoms with van der Waals surface area (Å²) in [5.41, 5.74) is 14.9. The highest BCUT2D eigenvalue weighted by Crippen LogP contribution is 2.39. The molecule has 0 atom stereocenters. The van der Waals surface area contributed by atoms with Crippen LogP contribution in [0, 0.1) is 0 Å². The minimum atomic E-state index is 0.819. The highest BCUT2D eigenvalue weighted by Gasteiger charge is 2.20. The molecule has 0 saturated carbocycles. The van der Waals surface area contributed by atoms with Gasteiger partial charge >= 0.3 is 0 Å². The van der Waals surface area contributed by atoms with E-state index in [-0.39, 0.29) is 0 Å². The minimum absolute atomic E-state index is 0.819. The van der Waals surface area contributed by atoms with Crippen LogP contribution in [0.3, 0.4) is 0 Å². The summed E-state index contributed by atoms with van der Waals surface area (Å²) in [4.78, 5) is 1.32. The van der Waals surface area contributed by atoms with Crippen LogP contribution in [-0.2, 0) is 6.42 Å². The lowest BCUT2D eigenvalue weighted by Gasteiger charge is -2.19. The number of furan rings is 1. The number of fused-ring (bicyclic) bond motifs is 7. The van der Waals surface area contributed by atoms with Gasteiger partial charge in [0.15, 0.2) is 0 Å². The molecule has 1 aliphatic heterocycles. The zero-order valence-electron chi connectivity index (χ0n) is 30.5. The molecule has 262 valence electrons. The van der Waals surface area contributed by atoms with E-state index in [0.717, 1.165) is 87.6 Å². The number of rotatable bonds is 5. The second-order valence-corrected chi connectivity index (χ2v) is 15.3. The van der Waals surface area contributed by atoms with Crippen LogP contribution >= 0.6 is 11.8 Å². The van der Waals surface area contributed by atoms with Crippen molar-refractivity contribution in [2.45, 2.75) is 37.0 Å². The molecule has 0 N–H and O–H groups in total.